The van der Waals surface area contributed by atoms with Crippen molar-refractivity contribution in [2.45, 2.75) is 38.0 Å². The number of hydrogen-bond acceptors (Lipinski definition) is 5. The molecule has 0 radical (unpaired) electrons. The summed E-state index contributed by atoms with van der Waals surface area (Å²) in [6, 6.07) is 11.3. The van der Waals surface area contributed by atoms with Crippen LogP contribution in [0.15, 0.2) is 45.8 Å². The summed E-state index contributed by atoms with van der Waals surface area (Å²) in [5.74, 6) is 0.162. The fraction of sp³-hybridized carbons (Fsp3) is 0.350. The van der Waals surface area contributed by atoms with E-state index in [9.17, 15) is 8.42 Å². The molecule has 0 aliphatic carbocycles. The molecule has 0 amide bonds. The number of nitrogens with one attached hydrogen (secondary N) is 1. The Kier molecular flexibility index (Phi) is 4.55. The quantitative estimate of drug-likeness (QED) is 0.727. The fourth-order valence-corrected chi connectivity index (χ4v) is 4.60. The number of anilines is 2. The molecule has 1 aromatic heterocycles. The Morgan fingerprint density at radius 1 is 1.07 bits per heavy atom. The van der Waals surface area contributed by atoms with E-state index in [1.807, 2.05) is 18.2 Å². The third-order valence-electron chi connectivity index (χ3n) is 5.22. The zero-order valence-corrected chi connectivity index (χ0v) is 16.3. The maximum atomic E-state index is 12.8. The molecule has 7 heteroatoms. The van der Waals surface area contributed by atoms with Crippen molar-refractivity contribution in [3.8, 4) is 0 Å². The summed E-state index contributed by atoms with van der Waals surface area (Å²) in [7, 11) is -3.75. The van der Waals surface area contributed by atoms with Gasteiger partial charge in [0.2, 0.25) is 5.88 Å². The number of piperidine rings is 1. The average molecular weight is 385 g/mol. The number of rotatable bonds is 4. The molecule has 0 saturated carbocycles. The molecular formula is C20H23N3O3S. The monoisotopic (exact) mass is 385 g/mol. The average Bonchev–Trinajstić information content (AvgIpc) is 2.99. The lowest BCUT2D eigenvalue weighted by Crippen LogP contribution is -2.29. The van der Waals surface area contributed by atoms with Gasteiger partial charge in [-0.25, -0.2) is 13.1 Å². The van der Waals surface area contributed by atoms with Gasteiger partial charge in [0.15, 0.2) is 0 Å². The van der Waals surface area contributed by atoms with Crippen molar-refractivity contribution in [1.29, 1.82) is 0 Å². The fourth-order valence-electron chi connectivity index (χ4n) is 3.51. The predicted octanol–water partition coefficient (Wildman–Crippen LogP) is 4.24. The van der Waals surface area contributed by atoms with E-state index in [2.05, 4.69) is 20.8 Å². The van der Waals surface area contributed by atoms with Crippen molar-refractivity contribution in [2.24, 2.45) is 0 Å². The molecule has 3 aromatic rings. The minimum atomic E-state index is -3.75. The van der Waals surface area contributed by atoms with E-state index in [4.69, 9.17) is 4.52 Å². The summed E-state index contributed by atoms with van der Waals surface area (Å²) in [6.45, 7) is 5.64. The summed E-state index contributed by atoms with van der Waals surface area (Å²) in [4.78, 5) is 2.60. The Morgan fingerprint density at radius 2 is 1.85 bits per heavy atom. The van der Waals surface area contributed by atoms with Crippen molar-refractivity contribution in [2.75, 3.05) is 22.7 Å². The normalized spacial score (nSPS) is 15.3. The number of nitrogens with zero attached hydrogens (tertiary/aromatic N) is 2. The molecule has 4 rings (SSSR count). The molecule has 142 valence electrons. The molecule has 27 heavy (non-hydrogen) atoms. The van der Waals surface area contributed by atoms with Gasteiger partial charge in [-0.1, -0.05) is 23.4 Å². The van der Waals surface area contributed by atoms with E-state index in [1.165, 1.54) is 24.9 Å². The lowest BCUT2D eigenvalue weighted by molar-refractivity contribution is 0.430. The van der Waals surface area contributed by atoms with Gasteiger partial charge in [0, 0.05) is 29.7 Å². The molecule has 0 unspecified atom stereocenters. The third kappa shape index (κ3) is 3.39. The Hall–Kier alpha value is -2.54. The molecule has 6 nitrogen and oxygen atoms in total. The Bertz CT molecular complexity index is 1080. The van der Waals surface area contributed by atoms with Crippen LogP contribution in [0.4, 0.5) is 11.6 Å². The highest BCUT2D eigenvalue weighted by Crippen LogP contribution is 2.31. The van der Waals surface area contributed by atoms with Crippen molar-refractivity contribution in [3.63, 3.8) is 0 Å². The minimum absolute atomic E-state index is 0.162. The number of hydrogen-bond donors (Lipinski definition) is 1. The summed E-state index contributed by atoms with van der Waals surface area (Å²) in [5.41, 5.74) is 2.52. The van der Waals surface area contributed by atoms with Crippen LogP contribution in [0.5, 0.6) is 0 Å². The van der Waals surface area contributed by atoms with Crippen LogP contribution in [-0.4, -0.2) is 26.7 Å². The van der Waals surface area contributed by atoms with Crippen LogP contribution in [0, 0.1) is 13.8 Å². The molecule has 1 saturated heterocycles. The van der Waals surface area contributed by atoms with Gasteiger partial charge in [-0.15, -0.1) is 0 Å². The van der Waals surface area contributed by atoms with E-state index >= 15 is 0 Å². The van der Waals surface area contributed by atoms with Crippen molar-refractivity contribution >= 4 is 32.4 Å². The number of aromatic nitrogens is 1. The summed E-state index contributed by atoms with van der Waals surface area (Å²) >= 11 is 0. The molecule has 0 spiro atoms. The van der Waals surface area contributed by atoms with Gasteiger partial charge >= 0.3 is 0 Å². The van der Waals surface area contributed by atoms with E-state index < -0.39 is 10.0 Å². The third-order valence-corrected chi connectivity index (χ3v) is 6.55. The highest BCUT2D eigenvalue weighted by molar-refractivity contribution is 7.92. The van der Waals surface area contributed by atoms with Crippen LogP contribution >= 0.6 is 0 Å². The summed E-state index contributed by atoms with van der Waals surface area (Å²) in [6.07, 6.45) is 3.67. The molecular weight excluding hydrogens is 362 g/mol. The Balaban J connectivity index is 1.70. The second-order valence-corrected chi connectivity index (χ2v) is 8.72. The smallest absolute Gasteiger partial charge is 0.264 e. The number of sulfonamides is 1. The van der Waals surface area contributed by atoms with Crippen LogP contribution in [-0.2, 0) is 10.0 Å². The van der Waals surface area contributed by atoms with Gasteiger partial charge in [0.25, 0.3) is 10.0 Å². The SMILES string of the molecule is Cc1noc(NS(=O)(=O)c2ccc3c(N4CCCCC4)cccc3c2)c1C. The van der Waals surface area contributed by atoms with E-state index in [-0.39, 0.29) is 10.8 Å². The van der Waals surface area contributed by atoms with Crippen molar-refractivity contribution < 1.29 is 12.9 Å². The highest BCUT2D eigenvalue weighted by atomic mass is 32.2. The Morgan fingerprint density at radius 3 is 2.56 bits per heavy atom. The maximum absolute atomic E-state index is 12.8. The van der Waals surface area contributed by atoms with Gasteiger partial charge < -0.3 is 9.42 Å². The molecule has 1 fully saturated rings. The van der Waals surface area contributed by atoms with Crippen LogP contribution in [0.2, 0.25) is 0 Å². The number of benzene rings is 2. The first kappa shape index (κ1) is 17.9. The molecule has 0 bridgehead atoms. The first-order valence-electron chi connectivity index (χ1n) is 9.19. The van der Waals surface area contributed by atoms with Crippen LogP contribution in [0.3, 0.4) is 0 Å². The zero-order valence-electron chi connectivity index (χ0n) is 15.5. The van der Waals surface area contributed by atoms with Gasteiger partial charge in [-0.3, -0.25) is 0 Å². The lowest BCUT2D eigenvalue weighted by atomic mass is 10.1. The molecule has 1 aliphatic rings. The molecule has 0 atom stereocenters. The van der Waals surface area contributed by atoms with Crippen LogP contribution in [0.25, 0.3) is 10.8 Å². The minimum Gasteiger partial charge on any atom is -0.371 e. The summed E-state index contributed by atoms with van der Waals surface area (Å²) < 4.78 is 33.2. The highest BCUT2D eigenvalue weighted by Gasteiger charge is 2.20. The van der Waals surface area contributed by atoms with Crippen LogP contribution in [0.1, 0.15) is 30.5 Å². The van der Waals surface area contributed by atoms with E-state index in [0.29, 0.717) is 11.3 Å². The number of aryl methyl sites for hydroxylation is 1. The second-order valence-electron chi connectivity index (χ2n) is 7.04. The van der Waals surface area contributed by atoms with Crippen molar-refractivity contribution in [3.05, 3.63) is 47.7 Å². The van der Waals surface area contributed by atoms with E-state index in [0.717, 1.165) is 23.9 Å². The largest absolute Gasteiger partial charge is 0.371 e. The number of fused-ring (bicyclic) bond motifs is 1. The molecule has 1 N–H and O–H groups in total. The topological polar surface area (TPSA) is 75.4 Å². The maximum Gasteiger partial charge on any atom is 0.264 e. The lowest BCUT2D eigenvalue weighted by Gasteiger charge is -2.30. The van der Waals surface area contributed by atoms with Gasteiger partial charge in [0.05, 0.1) is 10.6 Å². The zero-order chi connectivity index (χ0) is 19.0. The first-order chi connectivity index (χ1) is 13.0. The molecule has 2 aromatic carbocycles. The van der Waals surface area contributed by atoms with Gasteiger partial charge in [-0.05, 0) is 56.7 Å². The molecule has 2 heterocycles. The standard InChI is InChI=1S/C20H23N3O3S/c1-14-15(2)21-26-20(14)22-27(24,25)17-9-10-18-16(13-17)7-6-8-19(18)23-11-4-3-5-12-23/h6-10,13,22H,3-5,11-12H2,1-2H3. The predicted molar refractivity (Wildman–Crippen MR) is 107 cm³/mol. The Labute approximate surface area is 159 Å². The van der Waals surface area contributed by atoms with E-state index in [1.54, 1.807) is 26.0 Å². The van der Waals surface area contributed by atoms with Gasteiger partial charge in [-0.2, -0.15) is 0 Å². The summed E-state index contributed by atoms with van der Waals surface area (Å²) in [5, 5.41) is 5.78. The second kappa shape index (κ2) is 6.88. The molecule has 1 aliphatic heterocycles. The van der Waals surface area contributed by atoms with Gasteiger partial charge in [0.1, 0.15) is 0 Å². The van der Waals surface area contributed by atoms with Crippen molar-refractivity contribution in [1.82, 2.24) is 5.16 Å². The van der Waals surface area contributed by atoms with Crippen LogP contribution < -0.4 is 9.62 Å². The first-order valence-corrected chi connectivity index (χ1v) is 10.7.